The molecule has 2 aliphatic rings. The molecule has 51 heavy (non-hydrogen) atoms. The van der Waals surface area contributed by atoms with Crippen LogP contribution in [0.25, 0.3) is 0 Å². The van der Waals surface area contributed by atoms with Crippen LogP contribution in [0.5, 0.6) is 0 Å². The third kappa shape index (κ3) is 38.3. The van der Waals surface area contributed by atoms with Crippen molar-refractivity contribution < 1.29 is 69.8 Å². The first-order valence-corrected chi connectivity index (χ1v) is 15.9. The second-order valence-corrected chi connectivity index (χ2v) is 12.1. The molecule has 0 unspecified atom stereocenters. The molecule has 2 saturated heterocycles. The second kappa shape index (κ2) is 39.9. The van der Waals surface area contributed by atoms with E-state index in [0.717, 1.165) is 0 Å². The Kier molecular flexibility index (Phi) is 48.4. The summed E-state index contributed by atoms with van der Waals surface area (Å²) in [6.45, 7) is 23.6. The van der Waals surface area contributed by atoms with Crippen molar-refractivity contribution in [1.82, 2.24) is 45.8 Å². The zero-order valence-electron chi connectivity index (χ0n) is 33.1. The van der Waals surface area contributed by atoms with Gasteiger partial charge in [0.2, 0.25) is 0 Å². The molecule has 0 saturated carbocycles. The molecule has 2 heterocycles. The molecule has 0 spiro atoms. The number of allylic oxidation sites excluding steroid dienone is 6. The van der Waals surface area contributed by atoms with Crippen molar-refractivity contribution in [3.05, 3.63) is 48.9 Å². The summed E-state index contributed by atoms with van der Waals surface area (Å²) in [5, 5.41) is 32.1. The number of hydrogen-bond donors (Lipinski definition) is 6. The van der Waals surface area contributed by atoms with Gasteiger partial charge in [0, 0.05) is 98.0 Å². The van der Waals surface area contributed by atoms with E-state index in [0.29, 0.717) is 17.1 Å². The maximum atomic E-state index is 9.65. The van der Waals surface area contributed by atoms with Gasteiger partial charge in [0.1, 0.15) is 17.1 Å². The summed E-state index contributed by atoms with van der Waals surface area (Å²) in [4.78, 5) is 43.3. The van der Waals surface area contributed by atoms with E-state index in [2.05, 4.69) is 87.2 Å². The molecule has 0 aromatic carbocycles. The fraction of sp³-hybridized carbons (Fsp3) is 0.800. The van der Waals surface area contributed by atoms with Gasteiger partial charge < -0.3 is 29.4 Å². The molecular formula is C30H66Cr2N12O6Zn+8. The topological polar surface area (TPSA) is 205 Å². The summed E-state index contributed by atoms with van der Waals surface area (Å²) in [5.41, 5.74) is 7.30. The van der Waals surface area contributed by atoms with Crippen LogP contribution >= 0.6 is 0 Å². The van der Waals surface area contributed by atoms with Gasteiger partial charge in [-0.15, -0.1) is 14.7 Å². The first-order chi connectivity index (χ1) is 22.5. The van der Waals surface area contributed by atoms with E-state index < -0.39 is 0 Å². The van der Waals surface area contributed by atoms with Crippen LogP contribution in [-0.4, -0.2) is 166 Å². The fourth-order valence-electron chi connectivity index (χ4n) is 3.17. The molecule has 288 valence electrons. The van der Waals surface area contributed by atoms with Gasteiger partial charge in [0.25, 0.3) is 0 Å². The molecule has 0 amide bonds. The Morgan fingerprint density at radius 1 is 0.392 bits per heavy atom. The first kappa shape index (κ1) is 61.8. The van der Waals surface area contributed by atoms with Crippen LogP contribution < -0.4 is 16.4 Å². The van der Waals surface area contributed by atoms with E-state index in [9.17, 15) is 14.7 Å². The van der Waals surface area contributed by atoms with Crippen LogP contribution in [0.4, 0.5) is 0 Å². The first-order valence-electron chi connectivity index (χ1n) is 15.9. The zero-order chi connectivity index (χ0) is 37.7. The van der Waals surface area contributed by atoms with Crippen molar-refractivity contribution in [3.8, 4) is 0 Å². The van der Waals surface area contributed by atoms with Crippen molar-refractivity contribution in [1.29, 1.82) is 0 Å². The Balaban J connectivity index is -0.000000124. The average molecular weight is 860 g/mol. The van der Waals surface area contributed by atoms with Gasteiger partial charge in [-0.1, -0.05) is 0 Å². The molecular weight excluding hydrogens is 794 g/mol. The van der Waals surface area contributed by atoms with Crippen molar-refractivity contribution >= 4 is 0 Å². The number of nitroso groups, excluding NO2 is 3. The van der Waals surface area contributed by atoms with Gasteiger partial charge in [0.15, 0.2) is 0 Å². The predicted molar refractivity (Wildman–Crippen MR) is 192 cm³/mol. The fourth-order valence-corrected chi connectivity index (χ4v) is 3.17. The third-order valence-corrected chi connectivity index (χ3v) is 7.72. The van der Waals surface area contributed by atoms with Gasteiger partial charge in [0.05, 0.1) is 17.1 Å². The molecule has 6 N–H and O–H groups in total. The van der Waals surface area contributed by atoms with Crippen LogP contribution in [0.15, 0.2) is 49.7 Å². The van der Waals surface area contributed by atoms with Gasteiger partial charge in [-0.2, -0.15) is 0 Å². The normalized spacial score (nSPS) is 18.2. The summed E-state index contributed by atoms with van der Waals surface area (Å²) >= 11 is 0. The van der Waals surface area contributed by atoms with E-state index in [1.807, 2.05) is 0 Å². The Bertz CT molecular complexity index is 813. The molecule has 0 aromatic rings. The van der Waals surface area contributed by atoms with Crippen LogP contribution in [0, 0.1) is 14.7 Å². The smallest absolute Gasteiger partial charge is 0.304 e. The van der Waals surface area contributed by atoms with Crippen LogP contribution in [0.3, 0.4) is 0 Å². The maximum absolute atomic E-state index is 9.65. The maximum Gasteiger partial charge on any atom is 4.00 e. The van der Waals surface area contributed by atoms with E-state index in [1.54, 1.807) is 37.2 Å². The van der Waals surface area contributed by atoms with Crippen molar-refractivity contribution in [2.75, 3.05) is 121 Å². The Morgan fingerprint density at radius 3 is 0.569 bits per heavy atom. The summed E-state index contributed by atoms with van der Waals surface area (Å²) in [6.07, 6.45) is 0. The minimum atomic E-state index is 0. The molecule has 0 atom stereocenters. The summed E-state index contributed by atoms with van der Waals surface area (Å²) in [7, 11) is 13.2. The van der Waals surface area contributed by atoms with Crippen molar-refractivity contribution in [3.63, 3.8) is 0 Å². The van der Waals surface area contributed by atoms with E-state index in [4.69, 9.17) is 15.6 Å². The van der Waals surface area contributed by atoms with Crippen molar-refractivity contribution in [2.24, 2.45) is 15.5 Å². The summed E-state index contributed by atoms with van der Waals surface area (Å²) in [6, 6.07) is 0. The van der Waals surface area contributed by atoms with E-state index in [1.165, 1.54) is 99.3 Å². The average Bonchev–Trinajstić information content (AvgIpc) is 3.22. The SMILES string of the molecule is CC(N=O)=C(C)NO.CC(N=O)=C(C)NO.CC(N=O)=C(C)NO.CN1CCN(C)CCN(C)CC1.CN1CCN(C)CCN(C)CC1.[Cr+4].[Cr+4].[Zn]. The molecule has 2 rings (SSSR count). The van der Waals surface area contributed by atoms with Gasteiger partial charge >= 0.3 is 34.7 Å². The number of nitrogens with zero attached hydrogens (tertiary/aromatic N) is 9. The minimum absolute atomic E-state index is 0. The Morgan fingerprint density at radius 2 is 0.510 bits per heavy atom. The molecule has 21 heteroatoms. The number of nitrogens with one attached hydrogen (secondary N) is 3. The van der Waals surface area contributed by atoms with E-state index in [-0.39, 0.29) is 71.3 Å². The number of hydroxylamine groups is 3. The van der Waals surface area contributed by atoms with Crippen LogP contribution in [-0.2, 0) is 54.2 Å². The number of hydrogen-bond acceptors (Lipinski definition) is 18. The Hall–Kier alpha value is -1.25. The quantitative estimate of drug-likeness (QED) is 0.129. The molecule has 0 aliphatic carbocycles. The Labute approximate surface area is 340 Å². The van der Waals surface area contributed by atoms with Gasteiger partial charge in [-0.3, -0.25) is 32.1 Å². The predicted octanol–water partition coefficient (Wildman–Crippen LogP) is 2.53. The molecule has 0 radical (unpaired) electrons. The molecule has 0 aromatic heterocycles. The van der Waals surface area contributed by atoms with Crippen LogP contribution in [0.1, 0.15) is 41.5 Å². The van der Waals surface area contributed by atoms with Gasteiger partial charge in [-0.05, 0) is 99.4 Å². The summed E-state index contributed by atoms with van der Waals surface area (Å²) in [5.74, 6) is 0. The molecule has 2 fully saturated rings. The summed E-state index contributed by atoms with van der Waals surface area (Å²) < 4.78 is 0. The molecule has 18 nitrogen and oxygen atoms in total. The standard InChI is InChI=1S/2C9H21N3.3C4H8N2O2.2Cr.Zn/c2*1-10-4-6-11(2)8-9-12(3)7-5-10;3*1-3(5-7)4(2)6-8;;;/h2*4-9H2,1-3H3;3*5,7H,1-2H3;;;/q;;;;;2*+4;. The van der Waals surface area contributed by atoms with Crippen molar-refractivity contribution in [2.45, 2.75) is 41.5 Å². The minimum Gasteiger partial charge on any atom is -0.304 e. The number of rotatable bonds is 6. The zero-order valence-corrected chi connectivity index (χ0v) is 38.6. The second-order valence-electron chi connectivity index (χ2n) is 12.1. The number of likely N-dealkylation sites (N-methyl/N-ethyl adjacent to an activating group) is 6. The largest absolute Gasteiger partial charge is 4.00 e. The van der Waals surface area contributed by atoms with Crippen LogP contribution in [0.2, 0.25) is 0 Å². The van der Waals surface area contributed by atoms with Gasteiger partial charge in [-0.25, -0.2) is 0 Å². The third-order valence-electron chi connectivity index (χ3n) is 7.72. The van der Waals surface area contributed by atoms with E-state index >= 15 is 0 Å². The molecule has 0 bridgehead atoms. The molecule has 2 aliphatic heterocycles. The monoisotopic (exact) mass is 858 g/mol.